The number of methoxy groups -OCH3 is 1. The Balaban J connectivity index is 1.51. The van der Waals surface area contributed by atoms with E-state index >= 15 is 0 Å². The van der Waals surface area contributed by atoms with Crippen LogP contribution in [0.25, 0.3) is 11.0 Å². The van der Waals surface area contributed by atoms with E-state index in [-0.39, 0.29) is 11.7 Å². The Morgan fingerprint density at radius 2 is 2.19 bits per heavy atom. The molecular formula is C18H21N5O3. The summed E-state index contributed by atoms with van der Waals surface area (Å²) in [5, 5.41) is 5.16. The molecule has 0 aromatic carbocycles. The lowest BCUT2D eigenvalue weighted by atomic mass is 9.93. The van der Waals surface area contributed by atoms with Crippen LogP contribution in [-0.2, 0) is 11.2 Å². The number of fused-ring (bicyclic) bond motifs is 1. The average Bonchev–Trinajstić information content (AvgIpc) is 3.34. The predicted molar refractivity (Wildman–Crippen MR) is 95.3 cm³/mol. The third kappa shape index (κ3) is 2.81. The lowest BCUT2D eigenvalue weighted by Crippen LogP contribution is -2.33. The van der Waals surface area contributed by atoms with Crippen LogP contribution in [0.5, 0.6) is 0 Å². The maximum Gasteiger partial charge on any atom is 0.376 e. The van der Waals surface area contributed by atoms with Gasteiger partial charge in [-0.05, 0) is 24.8 Å². The van der Waals surface area contributed by atoms with Crippen molar-refractivity contribution < 1.29 is 14.1 Å². The molecule has 8 heteroatoms. The van der Waals surface area contributed by atoms with Crippen LogP contribution in [0.15, 0.2) is 23.1 Å². The number of ether oxygens (including phenoxy) is 1. The zero-order valence-electron chi connectivity index (χ0n) is 14.9. The van der Waals surface area contributed by atoms with Crippen LogP contribution in [0.1, 0.15) is 47.5 Å². The van der Waals surface area contributed by atoms with Crippen molar-refractivity contribution in [1.29, 1.82) is 0 Å². The molecule has 4 heterocycles. The first kappa shape index (κ1) is 16.6. The van der Waals surface area contributed by atoms with E-state index in [1.165, 1.54) is 12.7 Å². The van der Waals surface area contributed by atoms with E-state index in [0.717, 1.165) is 54.9 Å². The van der Waals surface area contributed by atoms with Crippen LogP contribution < -0.4 is 4.90 Å². The van der Waals surface area contributed by atoms with E-state index in [0.29, 0.717) is 0 Å². The normalized spacial score (nSPS) is 15.5. The summed E-state index contributed by atoms with van der Waals surface area (Å²) in [6.07, 6.45) is 6.40. The molecular weight excluding hydrogens is 334 g/mol. The molecule has 0 bridgehead atoms. The quantitative estimate of drug-likeness (QED) is 0.719. The Morgan fingerprint density at radius 3 is 2.92 bits per heavy atom. The molecule has 0 saturated carbocycles. The number of esters is 1. The van der Waals surface area contributed by atoms with Gasteiger partial charge in [-0.25, -0.2) is 14.8 Å². The van der Waals surface area contributed by atoms with Crippen molar-refractivity contribution in [3.05, 3.63) is 35.6 Å². The number of rotatable bonds is 4. The van der Waals surface area contributed by atoms with Gasteiger partial charge in [-0.15, -0.1) is 0 Å². The van der Waals surface area contributed by atoms with Crippen molar-refractivity contribution in [3.63, 3.8) is 0 Å². The molecule has 0 radical (unpaired) electrons. The molecule has 3 aromatic heterocycles. The molecule has 1 N–H and O–H groups in total. The molecule has 4 rings (SSSR count). The van der Waals surface area contributed by atoms with Gasteiger partial charge in [-0.1, -0.05) is 12.1 Å². The molecule has 1 saturated heterocycles. The number of hydrogen-bond donors (Lipinski definition) is 1. The minimum absolute atomic E-state index is 0.155. The van der Waals surface area contributed by atoms with Gasteiger partial charge in [0, 0.05) is 31.3 Å². The number of H-pyrrole nitrogens is 1. The number of hydrogen-bond acceptors (Lipinski definition) is 7. The van der Waals surface area contributed by atoms with Crippen LogP contribution in [0.2, 0.25) is 0 Å². The van der Waals surface area contributed by atoms with Crippen LogP contribution in [0.4, 0.5) is 5.82 Å². The first-order valence-corrected chi connectivity index (χ1v) is 8.82. The third-order valence-electron chi connectivity index (χ3n) is 5.04. The van der Waals surface area contributed by atoms with Crippen molar-refractivity contribution in [3.8, 4) is 0 Å². The topological polar surface area (TPSA) is 97.1 Å². The molecule has 1 aliphatic heterocycles. The Bertz CT molecular complexity index is 924. The van der Waals surface area contributed by atoms with Crippen molar-refractivity contribution in [1.82, 2.24) is 20.1 Å². The van der Waals surface area contributed by atoms with Crippen molar-refractivity contribution in [2.75, 3.05) is 25.1 Å². The molecule has 8 nitrogen and oxygen atoms in total. The van der Waals surface area contributed by atoms with Gasteiger partial charge in [0.15, 0.2) is 0 Å². The maximum atomic E-state index is 11.5. The summed E-state index contributed by atoms with van der Waals surface area (Å²) >= 11 is 0. The maximum absolute atomic E-state index is 11.5. The number of nitrogens with one attached hydrogen (secondary N) is 1. The van der Waals surface area contributed by atoms with E-state index in [9.17, 15) is 4.79 Å². The molecule has 0 spiro atoms. The van der Waals surface area contributed by atoms with Crippen LogP contribution >= 0.6 is 0 Å². The average molecular weight is 355 g/mol. The van der Waals surface area contributed by atoms with Gasteiger partial charge in [-0.2, -0.15) is 0 Å². The smallest absolute Gasteiger partial charge is 0.376 e. The summed E-state index contributed by atoms with van der Waals surface area (Å²) in [7, 11) is 1.33. The zero-order chi connectivity index (χ0) is 18.1. The molecule has 1 fully saturated rings. The second-order valence-electron chi connectivity index (χ2n) is 6.46. The van der Waals surface area contributed by atoms with Crippen molar-refractivity contribution >= 4 is 22.8 Å². The molecule has 1 aliphatic rings. The van der Waals surface area contributed by atoms with Gasteiger partial charge in [0.1, 0.15) is 17.8 Å². The van der Waals surface area contributed by atoms with Crippen molar-refractivity contribution in [2.45, 2.75) is 32.1 Å². The lowest BCUT2D eigenvalue weighted by molar-refractivity contribution is 0.0554. The third-order valence-corrected chi connectivity index (χ3v) is 5.04. The summed E-state index contributed by atoms with van der Waals surface area (Å²) < 4.78 is 9.77. The highest BCUT2D eigenvalue weighted by Crippen LogP contribution is 2.33. The zero-order valence-corrected chi connectivity index (χ0v) is 14.9. The predicted octanol–water partition coefficient (Wildman–Crippen LogP) is 2.68. The second kappa shape index (κ2) is 6.78. The first-order valence-electron chi connectivity index (χ1n) is 8.82. The number of aromatic amines is 1. The fraction of sp³-hybridized carbons (Fsp3) is 0.444. The number of aryl methyl sites for hydroxylation is 1. The van der Waals surface area contributed by atoms with Crippen LogP contribution in [-0.4, -0.2) is 46.3 Å². The van der Waals surface area contributed by atoms with Crippen LogP contribution in [0, 0.1) is 0 Å². The highest BCUT2D eigenvalue weighted by atomic mass is 16.5. The second-order valence-corrected chi connectivity index (χ2v) is 6.46. The van der Waals surface area contributed by atoms with E-state index in [4.69, 9.17) is 4.52 Å². The molecule has 3 aromatic rings. The molecule has 136 valence electrons. The summed E-state index contributed by atoms with van der Waals surface area (Å²) in [6.45, 7) is 3.87. The van der Waals surface area contributed by atoms with Gasteiger partial charge < -0.3 is 19.1 Å². The molecule has 0 amide bonds. The van der Waals surface area contributed by atoms with E-state index in [1.807, 2.05) is 6.20 Å². The van der Waals surface area contributed by atoms with Gasteiger partial charge in [0.25, 0.3) is 0 Å². The number of nitrogens with zero attached hydrogens (tertiary/aromatic N) is 4. The summed E-state index contributed by atoms with van der Waals surface area (Å²) in [5.74, 6) is 0.913. The number of aromatic nitrogens is 4. The Kier molecular flexibility index (Phi) is 4.32. The number of anilines is 1. The number of carbonyl (C=O) groups is 1. The van der Waals surface area contributed by atoms with E-state index in [1.54, 1.807) is 12.4 Å². The highest BCUT2D eigenvalue weighted by Gasteiger charge is 2.27. The van der Waals surface area contributed by atoms with Gasteiger partial charge in [0.2, 0.25) is 5.76 Å². The Hall–Kier alpha value is -2.90. The SMILES string of the molecule is CCc1c[nH]c2ncnc(N3CCC(c4cc(C(=O)OC)on4)CC3)c12. The highest BCUT2D eigenvalue weighted by molar-refractivity contribution is 5.90. The minimum atomic E-state index is -0.496. The largest absolute Gasteiger partial charge is 0.463 e. The molecule has 26 heavy (non-hydrogen) atoms. The molecule has 0 unspecified atom stereocenters. The van der Waals surface area contributed by atoms with Crippen molar-refractivity contribution in [2.24, 2.45) is 0 Å². The lowest BCUT2D eigenvalue weighted by Gasteiger charge is -2.32. The summed E-state index contributed by atoms with van der Waals surface area (Å²) in [6, 6.07) is 1.69. The monoisotopic (exact) mass is 355 g/mol. The van der Waals surface area contributed by atoms with E-state index < -0.39 is 5.97 Å². The molecule has 0 atom stereocenters. The minimum Gasteiger partial charge on any atom is -0.463 e. The number of carbonyl (C=O) groups excluding carboxylic acids is 1. The van der Waals surface area contributed by atoms with Gasteiger partial charge in [0.05, 0.1) is 18.2 Å². The van der Waals surface area contributed by atoms with Gasteiger partial charge >= 0.3 is 5.97 Å². The van der Waals surface area contributed by atoms with Crippen LogP contribution in [0.3, 0.4) is 0 Å². The fourth-order valence-electron chi connectivity index (χ4n) is 3.59. The van der Waals surface area contributed by atoms with E-state index in [2.05, 4.69) is 36.7 Å². The van der Waals surface area contributed by atoms with Gasteiger partial charge in [-0.3, -0.25) is 0 Å². The fourth-order valence-corrected chi connectivity index (χ4v) is 3.59. The summed E-state index contributed by atoms with van der Waals surface area (Å²) in [5.41, 5.74) is 2.93. The summed E-state index contributed by atoms with van der Waals surface area (Å²) in [4.78, 5) is 25.9. The number of piperidine rings is 1. The Morgan fingerprint density at radius 1 is 1.38 bits per heavy atom. The first-order chi connectivity index (χ1) is 12.7. The molecule has 0 aliphatic carbocycles. The Labute approximate surface area is 150 Å². The standard InChI is InChI=1S/C18H21N5O3/c1-3-11-9-19-16-15(11)17(21-10-20-16)23-6-4-12(5-7-23)13-8-14(26-22-13)18(24)25-2/h8-10,12H,3-7H2,1-2H3,(H,19,20,21).